The Kier molecular flexibility index (Phi) is 3.96. The molecule has 0 amide bonds. The normalized spacial score (nSPS) is 10.9. The van der Waals surface area contributed by atoms with Crippen LogP contribution in [0.15, 0.2) is 54.6 Å². The van der Waals surface area contributed by atoms with Crippen LogP contribution >= 0.6 is 0 Å². The van der Waals surface area contributed by atoms with Gasteiger partial charge < -0.3 is 10.1 Å². The van der Waals surface area contributed by atoms with Crippen LogP contribution in [0.25, 0.3) is 22.2 Å². The molecule has 0 saturated carbocycles. The van der Waals surface area contributed by atoms with Crippen LogP contribution < -0.4 is 10.1 Å². The van der Waals surface area contributed by atoms with E-state index in [0.717, 1.165) is 33.6 Å². The fourth-order valence-electron chi connectivity index (χ4n) is 2.52. The number of hydrogen-bond donors (Lipinski definition) is 1. The van der Waals surface area contributed by atoms with Gasteiger partial charge in [-0.3, -0.25) is 0 Å². The molecule has 0 spiro atoms. The van der Waals surface area contributed by atoms with E-state index in [1.54, 1.807) is 7.11 Å². The number of fused-ring (bicyclic) bond motifs is 1. The first-order valence-corrected chi connectivity index (χ1v) is 7.48. The van der Waals surface area contributed by atoms with Gasteiger partial charge in [0.1, 0.15) is 5.75 Å². The highest BCUT2D eigenvalue weighted by Crippen LogP contribution is 2.31. The lowest BCUT2D eigenvalue weighted by molar-refractivity contribution is 0.415. The van der Waals surface area contributed by atoms with Gasteiger partial charge in [0.25, 0.3) is 0 Å². The van der Waals surface area contributed by atoms with Gasteiger partial charge in [0.05, 0.1) is 18.3 Å². The van der Waals surface area contributed by atoms with Crippen molar-refractivity contribution in [1.29, 1.82) is 0 Å². The van der Waals surface area contributed by atoms with Crippen LogP contribution in [-0.2, 0) is 0 Å². The summed E-state index contributed by atoms with van der Waals surface area (Å²) in [5, 5.41) is 4.59. The third-order valence-electron chi connectivity index (χ3n) is 3.53. The molecule has 3 aromatic rings. The van der Waals surface area contributed by atoms with Crippen LogP contribution in [0.4, 0.5) is 5.69 Å². The Morgan fingerprint density at radius 3 is 2.45 bits per heavy atom. The summed E-state index contributed by atoms with van der Waals surface area (Å²) in [6.07, 6.45) is 0. The molecule has 22 heavy (non-hydrogen) atoms. The number of aromatic nitrogens is 1. The molecule has 3 heteroatoms. The van der Waals surface area contributed by atoms with Crippen LogP contribution in [-0.4, -0.2) is 18.1 Å². The number of hydrogen-bond acceptors (Lipinski definition) is 3. The molecule has 0 aliphatic rings. The number of methoxy groups -OCH3 is 1. The molecular formula is C19H20N2O. The molecule has 3 nitrogen and oxygen atoms in total. The summed E-state index contributed by atoms with van der Waals surface area (Å²) in [5.41, 5.74) is 4.14. The number of benzene rings is 2. The molecule has 112 valence electrons. The second-order valence-corrected chi connectivity index (χ2v) is 5.60. The van der Waals surface area contributed by atoms with Gasteiger partial charge >= 0.3 is 0 Å². The van der Waals surface area contributed by atoms with Crippen LogP contribution in [0.5, 0.6) is 5.75 Å². The second kappa shape index (κ2) is 6.06. The molecule has 1 N–H and O–H groups in total. The molecule has 0 unspecified atom stereocenters. The Morgan fingerprint density at radius 1 is 1.00 bits per heavy atom. The van der Waals surface area contributed by atoms with Crippen molar-refractivity contribution < 1.29 is 4.74 Å². The predicted molar refractivity (Wildman–Crippen MR) is 92.5 cm³/mol. The van der Waals surface area contributed by atoms with Crippen molar-refractivity contribution >= 4 is 16.6 Å². The first kappa shape index (κ1) is 14.4. The monoisotopic (exact) mass is 292 g/mol. The Bertz CT molecular complexity index is 782. The maximum absolute atomic E-state index is 5.34. The Balaban J connectivity index is 2.20. The van der Waals surface area contributed by atoms with E-state index in [1.165, 1.54) is 0 Å². The maximum Gasteiger partial charge on any atom is 0.119 e. The molecule has 0 atom stereocenters. The second-order valence-electron chi connectivity index (χ2n) is 5.60. The highest BCUT2D eigenvalue weighted by molar-refractivity contribution is 5.94. The summed E-state index contributed by atoms with van der Waals surface area (Å²) in [4.78, 5) is 4.79. The van der Waals surface area contributed by atoms with E-state index < -0.39 is 0 Å². The molecule has 3 rings (SSSR count). The number of rotatable bonds is 4. The average Bonchev–Trinajstić information content (AvgIpc) is 2.54. The van der Waals surface area contributed by atoms with Gasteiger partial charge in [-0.25, -0.2) is 4.98 Å². The molecule has 2 aromatic carbocycles. The number of nitrogens with one attached hydrogen (secondary N) is 1. The Labute approximate surface area is 131 Å². The van der Waals surface area contributed by atoms with Gasteiger partial charge in [-0.1, -0.05) is 30.3 Å². The molecule has 1 aromatic heterocycles. The summed E-state index contributed by atoms with van der Waals surface area (Å²) in [6.45, 7) is 4.27. The molecule has 0 aliphatic carbocycles. The van der Waals surface area contributed by atoms with Crippen molar-refractivity contribution in [2.45, 2.75) is 19.9 Å². The van der Waals surface area contributed by atoms with E-state index >= 15 is 0 Å². The fourth-order valence-corrected chi connectivity index (χ4v) is 2.52. The fraction of sp³-hybridized carbons (Fsp3) is 0.211. The van der Waals surface area contributed by atoms with E-state index in [0.29, 0.717) is 6.04 Å². The summed E-state index contributed by atoms with van der Waals surface area (Å²) < 4.78 is 5.34. The maximum atomic E-state index is 5.34. The molecule has 0 bridgehead atoms. The van der Waals surface area contributed by atoms with E-state index in [-0.39, 0.29) is 0 Å². The quantitative estimate of drug-likeness (QED) is 0.754. The summed E-state index contributed by atoms with van der Waals surface area (Å²) in [5.74, 6) is 0.841. The minimum absolute atomic E-state index is 0.348. The van der Waals surface area contributed by atoms with Crippen molar-refractivity contribution in [3.8, 4) is 17.0 Å². The molecule has 0 radical (unpaired) electrons. The van der Waals surface area contributed by atoms with Crippen LogP contribution in [0.2, 0.25) is 0 Å². The zero-order valence-electron chi connectivity index (χ0n) is 13.1. The number of nitrogens with zero attached hydrogens (tertiary/aromatic N) is 1. The highest BCUT2D eigenvalue weighted by Gasteiger charge is 2.09. The zero-order valence-corrected chi connectivity index (χ0v) is 13.1. The SMILES string of the molecule is COc1ccc2nc(-c3ccccc3)cc(NC(C)C)c2c1. The van der Waals surface area contributed by atoms with Gasteiger partial charge in [0, 0.05) is 22.7 Å². The topological polar surface area (TPSA) is 34.1 Å². The lowest BCUT2D eigenvalue weighted by Gasteiger charge is -2.15. The smallest absolute Gasteiger partial charge is 0.119 e. The number of pyridine rings is 1. The minimum atomic E-state index is 0.348. The van der Waals surface area contributed by atoms with E-state index in [4.69, 9.17) is 9.72 Å². The van der Waals surface area contributed by atoms with Gasteiger partial charge in [0.2, 0.25) is 0 Å². The largest absolute Gasteiger partial charge is 0.497 e. The van der Waals surface area contributed by atoms with Crippen molar-refractivity contribution in [3.05, 3.63) is 54.6 Å². The lowest BCUT2D eigenvalue weighted by Crippen LogP contribution is -2.10. The zero-order chi connectivity index (χ0) is 15.5. The Morgan fingerprint density at radius 2 is 1.77 bits per heavy atom. The standard InChI is InChI=1S/C19H20N2O/c1-13(2)20-19-12-18(14-7-5-4-6-8-14)21-17-10-9-15(22-3)11-16(17)19/h4-13H,1-3H3,(H,20,21). The van der Waals surface area contributed by atoms with E-state index in [2.05, 4.69) is 37.4 Å². The highest BCUT2D eigenvalue weighted by atomic mass is 16.5. The molecule has 1 heterocycles. The molecule has 0 aliphatic heterocycles. The minimum Gasteiger partial charge on any atom is -0.497 e. The number of ether oxygens (including phenoxy) is 1. The van der Waals surface area contributed by atoms with Gasteiger partial charge in [-0.2, -0.15) is 0 Å². The van der Waals surface area contributed by atoms with Crippen LogP contribution in [0.3, 0.4) is 0 Å². The van der Waals surface area contributed by atoms with Gasteiger partial charge in [-0.05, 0) is 38.1 Å². The van der Waals surface area contributed by atoms with Crippen molar-refractivity contribution in [3.63, 3.8) is 0 Å². The third kappa shape index (κ3) is 2.89. The Hall–Kier alpha value is -2.55. The average molecular weight is 292 g/mol. The molecule has 0 saturated heterocycles. The van der Waals surface area contributed by atoms with E-state index in [9.17, 15) is 0 Å². The van der Waals surface area contributed by atoms with Crippen molar-refractivity contribution in [1.82, 2.24) is 4.98 Å². The summed E-state index contributed by atoms with van der Waals surface area (Å²) >= 11 is 0. The van der Waals surface area contributed by atoms with Crippen LogP contribution in [0.1, 0.15) is 13.8 Å². The van der Waals surface area contributed by atoms with Crippen LogP contribution in [0, 0.1) is 0 Å². The predicted octanol–water partition coefficient (Wildman–Crippen LogP) is 4.73. The van der Waals surface area contributed by atoms with Crippen molar-refractivity contribution in [2.24, 2.45) is 0 Å². The van der Waals surface area contributed by atoms with E-state index in [1.807, 2.05) is 36.4 Å². The lowest BCUT2D eigenvalue weighted by atomic mass is 10.1. The number of anilines is 1. The third-order valence-corrected chi connectivity index (χ3v) is 3.53. The first-order chi connectivity index (χ1) is 10.7. The molecular weight excluding hydrogens is 272 g/mol. The van der Waals surface area contributed by atoms with Gasteiger partial charge in [-0.15, -0.1) is 0 Å². The summed E-state index contributed by atoms with van der Waals surface area (Å²) in [7, 11) is 1.68. The first-order valence-electron chi connectivity index (χ1n) is 7.48. The molecule has 0 fully saturated rings. The summed E-state index contributed by atoms with van der Waals surface area (Å²) in [6, 6.07) is 18.7. The van der Waals surface area contributed by atoms with Crippen molar-refractivity contribution in [2.75, 3.05) is 12.4 Å². The van der Waals surface area contributed by atoms with Gasteiger partial charge in [0.15, 0.2) is 0 Å².